The smallest absolute Gasteiger partial charge is 0.336 e. The van der Waals surface area contributed by atoms with Crippen molar-refractivity contribution in [3.8, 4) is 6.07 Å². The molecule has 214 valence electrons. The summed E-state index contributed by atoms with van der Waals surface area (Å²) in [4.78, 5) is 56.8. The number of nitrogens with one attached hydrogen (secondary N) is 2. The molecule has 40 heavy (non-hydrogen) atoms. The van der Waals surface area contributed by atoms with Gasteiger partial charge >= 0.3 is 12.1 Å². The van der Waals surface area contributed by atoms with Crippen molar-refractivity contribution < 1.29 is 31.9 Å². The Morgan fingerprint density at radius 1 is 1.18 bits per heavy atom. The Balaban J connectivity index is 1.63. The van der Waals surface area contributed by atoms with Gasteiger partial charge in [-0.25, -0.2) is 9.37 Å². The minimum atomic E-state index is -5.22. The van der Waals surface area contributed by atoms with Gasteiger partial charge in [0.25, 0.3) is 5.56 Å². The van der Waals surface area contributed by atoms with Crippen molar-refractivity contribution in [1.82, 2.24) is 24.9 Å². The highest BCUT2D eigenvalue weighted by atomic mass is 19.4. The summed E-state index contributed by atoms with van der Waals surface area (Å²) < 4.78 is 53.5. The highest BCUT2D eigenvalue weighted by Gasteiger charge is 2.70. The van der Waals surface area contributed by atoms with Crippen LogP contribution >= 0.6 is 0 Å². The Morgan fingerprint density at radius 3 is 2.40 bits per heavy atom. The number of aromatic nitrogens is 2. The third-order valence-electron chi connectivity index (χ3n) is 7.76. The number of amides is 3. The zero-order valence-corrected chi connectivity index (χ0v) is 22.3. The van der Waals surface area contributed by atoms with Crippen molar-refractivity contribution >= 4 is 23.4 Å². The first-order valence-corrected chi connectivity index (χ1v) is 12.4. The molecule has 0 radical (unpaired) electrons. The molecule has 1 saturated carbocycles. The lowest BCUT2D eigenvalue weighted by Crippen LogP contribution is -2.60. The van der Waals surface area contributed by atoms with Crippen LogP contribution in [0.1, 0.15) is 46.4 Å². The molecule has 2 aromatic heterocycles. The van der Waals surface area contributed by atoms with Gasteiger partial charge in [0.05, 0.1) is 11.8 Å². The molecular formula is C26H28F4N6O4. The van der Waals surface area contributed by atoms with Crippen LogP contribution in [0.4, 0.5) is 17.6 Å². The standard InChI is InChI=1S/C26H28F4N6O4/c1-24(2,3)20(34-23(40)26(28,29)30)22(39)36-11-13-18(25(13,4)5)19(36)21(38)33-15(9-31)14-8-17(37)35-10-12(27)6-7-16(35)32-14/h6-8,10,13,15,18-20H,11H2,1-5H3,(H,33,38)(H,34,40)/t13-,15?,18-,19-,20?/m0/s1. The van der Waals surface area contributed by atoms with Crippen molar-refractivity contribution in [3.05, 3.63) is 46.3 Å². The Kier molecular flexibility index (Phi) is 6.93. The van der Waals surface area contributed by atoms with Gasteiger partial charge in [0.15, 0.2) is 6.04 Å². The van der Waals surface area contributed by atoms with E-state index in [2.05, 4.69) is 10.3 Å². The first-order chi connectivity index (χ1) is 18.4. The average molecular weight is 565 g/mol. The summed E-state index contributed by atoms with van der Waals surface area (Å²) in [6.07, 6.45) is -4.29. The third kappa shape index (κ3) is 5.12. The minimum absolute atomic E-state index is 0.0351. The molecule has 2 N–H and O–H groups in total. The summed E-state index contributed by atoms with van der Waals surface area (Å²) >= 11 is 0. The monoisotopic (exact) mass is 564 g/mol. The predicted molar refractivity (Wildman–Crippen MR) is 132 cm³/mol. The van der Waals surface area contributed by atoms with E-state index >= 15 is 0 Å². The molecule has 3 heterocycles. The quantitative estimate of drug-likeness (QED) is 0.534. The van der Waals surface area contributed by atoms with E-state index in [9.17, 15) is 42.0 Å². The average Bonchev–Trinajstić information content (AvgIpc) is 3.17. The van der Waals surface area contributed by atoms with E-state index in [0.717, 1.165) is 27.6 Å². The van der Waals surface area contributed by atoms with Gasteiger partial charge in [-0.15, -0.1) is 0 Å². The number of rotatable bonds is 5. The summed E-state index contributed by atoms with van der Waals surface area (Å²) in [6.45, 7) is 8.33. The molecule has 1 aliphatic carbocycles. The van der Waals surface area contributed by atoms with Gasteiger partial charge in [-0.1, -0.05) is 34.6 Å². The van der Waals surface area contributed by atoms with Crippen LogP contribution in [0.3, 0.4) is 0 Å². The van der Waals surface area contributed by atoms with Crippen LogP contribution in [0.15, 0.2) is 29.2 Å². The lowest BCUT2D eigenvalue weighted by molar-refractivity contribution is -0.176. The lowest BCUT2D eigenvalue weighted by Gasteiger charge is -2.37. The predicted octanol–water partition coefficient (Wildman–Crippen LogP) is 2.09. The van der Waals surface area contributed by atoms with Gasteiger partial charge in [0.2, 0.25) is 11.8 Å². The number of hydrogen-bond acceptors (Lipinski definition) is 6. The van der Waals surface area contributed by atoms with E-state index in [0.29, 0.717) is 0 Å². The fourth-order valence-corrected chi connectivity index (χ4v) is 5.48. The van der Waals surface area contributed by atoms with E-state index in [4.69, 9.17) is 0 Å². The van der Waals surface area contributed by atoms with Crippen molar-refractivity contribution in [2.45, 2.75) is 58.9 Å². The lowest BCUT2D eigenvalue weighted by atomic mass is 9.85. The molecular weight excluding hydrogens is 536 g/mol. The normalized spacial score (nSPS) is 23.1. The molecule has 0 bridgehead atoms. The van der Waals surface area contributed by atoms with Gasteiger partial charge in [-0.05, 0) is 34.8 Å². The zero-order chi connectivity index (χ0) is 29.9. The molecule has 3 amide bonds. The Bertz CT molecular complexity index is 1490. The molecule has 2 fully saturated rings. The number of carbonyl (C=O) groups is 3. The fraction of sp³-hybridized carbons (Fsp3) is 0.538. The summed E-state index contributed by atoms with van der Waals surface area (Å²) in [6, 6.07) is 0.981. The highest BCUT2D eigenvalue weighted by molar-refractivity contribution is 5.95. The van der Waals surface area contributed by atoms with Crippen molar-refractivity contribution in [2.75, 3.05) is 6.54 Å². The van der Waals surface area contributed by atoms with E-state index in [1.807, 2.05) is 19.9 Å². The third-order valence-corrected chi connectivity index (χ3v) is 7.76. The van der Waals surface area contributed by atoms with Crippen LogP contribution in [0.25, 0.3) is 5.65 Å². The molecule has 0 aromatic carbocycles. The number of nitriles is 1. The zero-order valence-electron chi connectivity index (χ0n) is 22.3. The van der Waals surface area contributed by atoms with Crippen LogP contribution in [0, 0.1) is 39.8 Å². The van der Waals surface area contributed by atoms with Crippen LogP contribution in [-0.2, 0) is 14.4 Å². The van der Waals surface area contributed by atoms with Crippen LogP contribution in [0.5, 0.6) is 0 Å². The number of fused-ring (bicyclic) bond motifs is 2. The molecule has 10 nitrogen and oxygen atoms in total. The van der Waals surface area contributed by atoms with Gasteiger partial charge < -0.3 is 15.5 Å². The molecule has 1 aliphatic heterocycles. The Hall–Kier alpha value is -4.02. The largest absolute Gasteiger partial charge is 0.471 e. The Labute approximate surface area is 226 Å². The van der Waals surface area contributed by atoms with Crippen molar-refractivity contribution in [1.29, 1.82) is 5.26 Å². The maximum atomic E-state index is 13.6. The molecule has 0 spiro atoms. The number of halogens is 4. The van der Waals surface area contributed by atoms with Gasteiger partial charge in [-0.2, -0.15) is 18.4 Å². The maximum Gasteiger partial charge on any atom is 0.471 e. The summed E-state index contributed by atoms with van der Waals surface area (Å²) in [7, 11) is 0. The topological polar surface area (TPSA) is 137 Å². The second-order valence-corrected chi connectivity index (χ2v) is 11.8. The molecule has 1 saturated heterocycles. The second kappa shape index (κ2) is 9.57. The summed E-state index contributed by atoms with van der Waals surface area (Å²) in [5, 5.41) is 14.1. The SMILES string of the molecule is CC(C)(C)C(NC(=O)C(F)(F)F)C(=O)N1C[C@H]2[C@@H]([C@H]1C(=O)NC(C#N)c1cc(=O)n3cc(F)ccc3n1)C2(C)C. The molecule has 5 atom stereocenters. The number of pyridine rings is 1. The van der Waals surface area contributed by atoms with Gasteiger partial charge in [0, 0.05) is 18.8 Å². The van der Waals surface area contributed by atoms with Crippen LogP contribution in [-0.4, -0.2) is 56.8 Å². The van der Waals surface area contributed by atoms with Gasteiger partial charge in [0.1, 0.15) is 23.5 Å². The van der Waals surface area contributed by atoms with Gasteiger partial charge in [-0.3, -0.25) is 23.6 Å². The fourth-order valence-electron chi connectivity index (χ4n) is 5.48. The molecule has 2 aromatic rings. The van der Waals surface area contributed by atoms with Crippen molar-refractivity contribution in [3.63, 3.8) is 0 Å². The highest BCUT2D eigenvalue weighted by Crippen LogP contribution is 2.65. The molecule has 14 heteroatoms. The van der Waals surface area contributed by atoms with Crippen molar-refractivity contribution in [2.24, 2.45) is 22.7 Å². The maximum absolute atomic E-state index is 13.6. The first-order valence-electron chi connectivity index (χ1n) is 12.4. The number of likely N-dealkylation sites (tertiary alicyclic amines) is 1. The molecule has 2 aliphatic rings. The van der Waals surface area contributed by atoms with E-state index in [1.165, 1.54) is 26.8 Å². The van der Waals surface area contributed by atoms with Crippen LogP contribution in [0.2, 0.25) is 0 Å². The Morgan fingerprint density at radius 2 is 1.82 bits per heavy atom. The summed E-state index contributed by atoms with van der Waals surface area (Å²) in [5.74, 6) is -5.05. The number of carbonyl (C=O) groups excluding carboxylic acids is 3. The summed E-state index contributed by atoms with van der Waals surface area (Å²) in [5.41, 5.74) is -2.26. The van der Waals surface area contributed by atoms with E-state index in [-0.39, 0.29) is 35.1 Å². The number of hydrogen-bond donors (Lipinski definition) is 2. The molecule has 4 rings (SSSR count). The number of nitrogens with zero attached hydrogens (tertiary/aromatic N) is 4. The minimum Gasteiger partial charge on any atom is -0.336 e. The molecule has 2 unspecified atom stereocenters. The second-order valence-electron chi connectivity index (χ2n) is 11.8. The van der Waals surface area contributed by atoms with Crippen LogP contribution < -0.4 is 16.2 Å². The number of piperidine rings is 1. The first kappa shape index (κ1) is 29.0. The van der Waals surface area contributed by atoms with E-state index < -0.39 is 58.8 Å². The van der Waals surface area contributed by atoms with E-state index in [1.54, 1.807) is 5.32 Å². The number of alkyl halides is 3.